The monoisotopic (exact) mass is 436 g/mol. The lowest BCUT2D eigenvalue weighted by atomic mass is 10.1. The summed E-state index contributed by atoms with van der Waals surface area (Å²) in [5, 5.41) is 6.11. The van der Waals surface area contributed by atoms with E-state index in [-0.39, 0.29) is 10.6 Å². The van der Waals surface area contributed by atoms with Crippen LogP contribution in [0.2, 0.25) is 5.02 Å². The highest BCUT2D eigenvalue weighted by Crippen LogP contribution is 2.33. The van der Waals surface area contributed by atoms with Crippen molar-refractivity contribution in [3.05, 3.63) is 59.6 Å². The van der Waals surface area contributed by atoms with Gasteiger partial charge in [0.05, 0.1) is 10.7 Å². The molecule has 30 heavy (non-hydrogen) atoms. The zero-order valence-electron chi connectivity index (χ0n) is 16.5. The minimum Gasteiger partial charge on any atom is -0.404 e. The van der Waals surface area contributed by atoms with Crippen molar-refractivity contribution >= 4 is 29.1 Å². The van der Waals surface area contributed by atoms with Crippen LogP contribution in [0.4, 0.5) is 30.6 Å². The van der Waals surface area contributed by atoms with Crippen LogP contribution in [0.5, 0.6) is 5.75 Å². The van der Waals surface area contributed by atoms with Crippen LogP contribution in [0.25, 0.3) is 11.3 Å². The SMILES string of the molecule is CC(C)(C)Nc1nc(Nc2ccc(OC(F)(F)F)c(Cl)c2)cc(-c2ccccc2)n1. The van der Waals surface area contributed by atoms with E-state index in [9.17, 15) is 13.2 Å². The third kappa shape index (κ3) is 6.25. The summed E-state index contributed by atoms with van der Waals surface area (Å²) in [6.45, 7) is 5.95. The highest BCUT2D eigenvalue weighted by Gasteiger charge is 2.32. The molecule has 1 heterocycles. The summed E-state index contributed by atoms with van der Waals surface area (Å²) >= 11 is 5.94. The molecular formula is C21H20ClF3N4O. The number of hydrogen-bond acceptors (Lipinski definition) is 5. The van der Waals surface area contributed by atoms with Gasteiger partial charge in [-0.05, 0) is 39.0 Å². The van der Waals surface area contributed by atoms with E-state index in [1.807, 2.05) is 51.1 Å². The fraction of sp³-hybridized carbons (Fsp3) is 0.238. The molecule has 0 spiro atoms. The number of aromatic nitrogens is 2. The van der Waals surface area contributed by atoms with Crippen LogP contribution in [0.1, 0.15) is 20.8 Å². The number of ether oxygens (including phenoxy) is 1. The Morgan fingerprint density at radius 2 is 1.63 bits per heavy atom. The van der Waals surface area contributed by atoms with Gasteiger partial charge in [-0.1, -0.05) is 41.9 Å². The Kier molecular flexibility index (Phi) is 6.07. The predicted octanol–water partition coefficient (Wildman–Crippen LogP) is 6.65. The van der Waals surface area contributed by atoms with E-state index in [4.69, 9.17) is 11.6 Å². The molecule has 5 nitrogen and oxygen atoms in total. The summed E-state index contributed by atoms with van der Waals surface area (Å²) in [4.78, 5) is 9.03. The molecule has 9 heteroatoms. The molecule has 0 aliphatic heterocycles. The number of hydrogen-bond donors (Lipinski definition) is 2. The van der Waals surface area contributed by atoms with Gasteiger partial charge in [0.15, 0.2) is 0 Å². The lowest BCUT2D eigenvalue weighted by Crippen LogP contribution is -2.27. The zero-order chi connectivity index (χ0) is 21.9. The minimum absolute atomic E-state index is 0.178. The van der Waals surface area contributed by atoms with E-state index in [2.05, 4.69) is 25.3 Å². The molecule has 2 aromatic carbocycles. The molecule has 3 rings (SSSR count). The summed E-state index contributed by atoms with van der Waals surface area (Å²) in [6, 6.07) is 15.2. The second kappa shape index (κ2) is 8.39. The van der Waals surface area contributed by atoms with Crippen molar-refractivity contribution < 1.29 is 17.9 Å². The van der Waals surface area contributed by atoms with Crippen molar-refractivity contribution in [3.63, 3.8) is 0 Å². The second-order valence-corrected chi connectivity index (χ2v) is 7.93. The van der Waals surface area contributed by atoms with Crippen molar-refractivity contribution in [2.24, 2.45) is 0 Å². The minimum atomic E-state index is -4.82. The van der Waals surface area contributed by atoms with Crippen LogP contribution in [-0.2, 0) is 0 Å². The fourth-order valence-corrected chi connectivity index (χ4v) is 2.81. The third-order valence-corrected chi connectivity index (χ3v) is 4.01. The van der Waals surface area contributed by atoms with E-state index in [1.54, 1.807) is 6.07 Å². The van der Waals surface area contributed by atoms with E-state index in [0.29, 0.717) is 23.1 Å². The molecule has 0 aliphatic rings. The molecule has 0 bridgehead atoms. The Labute approximate surface area is 177 Å². The largest absolute Gasteiger partial charge is 0.573 e. The van der Waals surface area contributed by atoms with Crippen LogP contribution in [0.15, 0.2) is 54.6 Å². The number of nitrogens with one attached hydrogen (secondary N) is 2. The molecule has 2 N–H and O–H groups in total. The maximum absolute atomic E-state index is 12.4. The number of rotatable bonds is 5. The van der Waals surface area contributed by atoms with Gasteiger partial charge in [0.2, 0.25) is 5.95 Å². The van der Waals surface area contributed by atoms with Crippen molar-refractivity contribution in [3.8, 4) is 17.0 Å². The maximum Gasteiger partial charge on any atom is 0.573 e. The van der Waals surface area contributed by atoms with Crippen LogP contribution in [0, 0.1) is 0 Å². The maximum atomic E-state index is 12.4. The van der Waals surface area contributed by atoms with Crippen molar-refractivity contribution in [1.29, 1.82) is 0 Å². The molecule has 158 valence electrons. The Hall–Kier alpha value is -3.00. The number of alkyl halides is 3. The highest BCUT2D eigenvalue weighted by atomic mass is 35.5. The van der Waals surface area contributed by atoms with Gasteiger partial charge >= 0.3 is 6.36 Å². The van der Waals surface area contributed by atoms with E-state index >= 15 is 0 Å². The average Bonchev–Trinajstić information content (AvgIpc) is 2.62. The van der Waals surface area contributed by atoms with Crippen molar-refractivity contribution in [1.82, 2.24) is 9.97 Å². The fourth-order valence-electron chi connectivity index (χ4n) is 2.59. The van der Waals surface area contributed by atoms with Crippen molar-refractivity contribution in [2.75, 3.05) is 10.6 Å². The van der Waals surface area contributed by atoms with Gasteiger partial charge in [0, 0.05) is 22.9 Å². The molecule has 0 unspecified atom stereocenters. The Bertz CT molecular complexity index is 1020. The number of anilines is 3. The molecule has 0 radical (unpaired) electrons. The summed E-state index contributed by atoms with van der Waals surface area (Å²) in [5.41, 5.74) is 1.76. The highest BCUT2D eigenvalue weighted by molar-refractivity contribution is 6.32. The summed E-state index contributed by atoms with van der Waals surface area (Å²) in [5.74, 6) is 0.392. The zero-order valence-corrected chi connectivity index (χ0v) is 17.3. The van der Waals surface area contributed by atoms with Crippen LogP contribution in [-0.4, -0.2) is 21.9 Å². The van der Waals surface area contributed by atoms with Crippen LogP contribution in [0.3, 0.4) is 0 Å². The van der Waals surface area contributed by atoms with Gasteiger partial charge in [-0.15, -0.1) is 13.2 Å². The van der Waals surface area contributed by atoms with Gasteiger partial charge in [-0.3, -0.25) is 0 Å². The number of benzene rings is 2. The quantitative estimate of drug-likeness (QED) is 0.469. The first-order valence-corrected chi connectivity index (χ1v) is 9.41. The summed E-state index contributed by atoms with van der Waals surface area (Å²) in [6.07, 6.45) is -4.82. The smallest absolute Gasteiger partial charge is 0.404 e. The first kappa shape index (κ1) is 21.7. The van der Waals surface area contributed by atoms with Gasteiger partial charge in [-0.25, -0.2) is 4.98 Å². The van der Waals surface area contributed by atoms with E-state index in [0.717, 1.165) is 11.6 Å². The van der Waals surface area contributed by atoms with Crippen LogP contribution < -0.4 is 15.4 Å². The first-order chi connectivity index (χ1) is 14.0. The number of halogens is 4. The molecule has 3 aromatic rings. The topological polar surface area (TPSA) is 59.1 Å². The second-order valence-electron chi connectivity index (χ2n) is 7.52. The lowest BCUT2D eigenvalue weighted by Gasteiger charge is -2.21. The van der Waals surface area contributed by atoms with Gasteiger partial charge in [-0.2, -0.15) is 4.98 Å². The van der Waals surface area contributed by atoms with Crippen LogP contribution >= 0.6 is 11.6 Å². The van der Waals surface area contributed by atoms with E-state index < -0.39 is 12.1 Å². The molecule has 0 amide bonds. The molecule has 0 aliphatic carbocycles. The Balaban J connectivity index is 1.93. The number of nitrogens with zero attached hydrogens (tertiary/aromatic N) is 2. The normalized spacial score (nSPS) is 11.8. The molecular weight excluding hydrogens is 417 g/mol. The molecule has 0 atom stereocenters. The van der Waals surface area contributed by atoms with Gasteiger partial charge < -0.3 is 15.4 Å². The van der Waals surface area contributed by atoms with E-state index in [1.165, 1.54) is 12.1 Å². The van der Waals surface area contributed by atoms with Gasteiger partial charge in [0.1, 0.15) is 11.6 Å². The molecule has 0 fully saturated rings. The Morgan fingerprint density at radius 3 is 2.23 bits per heavy atom. The van der Waals surface area contributed by atoms with Gasteiger partial charge in [0.25, 0.3) is 0 Å². The first-order valence-electron chi connectivity index (χ1n) is 9.03. The Morgan fingerprint density at radius 1 is 0.933 bits per heavy atom. The van der Waals surface area contributed by atoms with Crippen molar-refractivity contribution in [2.45, 2.75) is 32.7 Å². The molecule has 0 saturated carbocycles. The standard InChI is InChI=1S/C21H20ClF3N4O/c1-20(2,3)29-19-27-16(13-7-5-4-6-8-13)12-18(28-19)26-14-9-10-17(15(22)11-14)30-21(23,24)25/h4-12H,1-3H3,(H2,26,27,28,29). The molecule has 1 aromatic heterocycles. The summed E-state index contributed by atoms with van der Waals surface area (Å²) < 4.78 is 41.2. The predicted molar refractivity (Wildman–Crippen MR) is 112 cm³/mol. The third-order valence-electron chi connectivity index (χ3n) is 3.71. The lowest BCUT2D eigenvalue weighted by molar-refractivity contribution is -0.274. The average molecular weight is 437 g/mol. The summed E-state index contributed by atoms with van der Waals surface area (Å²) in [7, 11) is 0. The molecule has 0 saturated heterocycles.